The first kappa shape index (κ1) is 12.9. The number of thiophene rings is 1. The van der Waals surface area contributed by atoms with Crippen LogP contribution in [0.1, 0.15) is 22.5 Å². The molecule has 1 aromatic heterocycles. The van der Waals surface area contributed by atoms with Crippen molar-refractivity contribution in [1.29, 1.82) is 0 Å². The van der Waals surface area contributed by atoms with E-state index in [0.717, 1.165) is 3.79 Å². The second kappa shape index (κ2) is 5.37. The van der Waals surface area contributed by atoms with Gasteiger partial charge in [0.05, 0.1) is 12.0 Å². The Kier molecular flexibility index (Phi) is 4.06. The van der Waals surface area contributed by atoms with Crippen LogP contribution in [0.3, 0.4) is 0 Å². The first-order chi connectivity index (χ1) is 8.11. The molecule has 1 fully saturated rings. The third-order valence-electron chi connectivity index (χ3n) is 2.83. The van der Waals surface area contributed by atoms with Crippen LogP contribution in [0.25, 0.3) is 0 Å². The summed E-state index contributed by atoms with van der Waals surface area (Å²) in [5, 5.41) is 2.85. The largest absolute Gasteiger partial charge is 0.495 e. The molecule has 1 amide bonds. The number of amides is 1. The first-order valence-corrected chi connectivity index (χ1v) is 7.10. The molecule has 1 aromatic rings. The Morgan fingerprint density at radius 2 is 2.47 bits per heavy atom. The second-order valence-electron chi connectivity index (χ2n) is 4.16. The number of carbonyl (C=O) groups is 1. The van der Waals surface area contributed by atoms with Gasteiger partial charge < -0.3 is 15.8 Å². The van der Waals surface area contributed by atoms with Crippen molar-refractivity contribution in [3.63, 3.8) is 0 Å². The Bertz CT molecular complexity index is 418. The molecule has 0 aliphatic heterocycles. The zero-order valence-corrected chi connectivity index (χ0v) is 11.9. The third-order valence-corrected chi connectivity index (χ3v) is 4.60. The number of rotatable bonds is 5. The highest BCUT2D eigenvalue weighted by atomic mass is 79.9. The summed E-state index contributed by atoms with van der Waals surface area (Å²) in [6.07, 6.45) is 2.38. The molecule has 94 valence electrons. The van der Waals surface area contributed by atoms with E-state index in [0.29, 0.717) is 23.1 Å². The summed E-state index contributed by atoms with van der Waals surface area (Å²) in [5.74, 6) is 1.20. The van der Waals surface area contributed by atoms with E-state index in [1.807, 2.05) is 0 Å². The monoisotopic (exact) mass is 318 g/mol. The number of hydrogen-bond donors (Lipinski definition) is 2. The fraction of sp³-hybridized carbons (Fsp3) is 0.545. The number of carbonyl (C=O) groups excluding carboxylic acids is 1. The lowest BCUT2D eigenvalue weighted by molar-refractivity contribution is 0.0954. The summed E-state index contributed by atoms with van der Waals surface area (Å²) in [5.41, 5.74) is 5.92. The van der Waals surface area contributed by atoms with Crippen molar-refractivity contribution in [2.24, 2.45) is 11.7 Å². The quantitative estimate of drug-likeness (QED) is 0.872. The van der Waals surface area contributed by atoms with Gasteiger partial charge in [0.2, 0.25) is 0 Å². The minimum absolute atomic E-state index is 0.0873. The van der Waals surface area contributed by atoms with Crippen molar-refractivity contribution in [2.45, 2.75) is 18.9 Å². The van der Waals surface area contributed by atoms with Crippen LogP contribution in [-0.2, 0) is 0 Å². The number of hydrogen-bond acceptors (Lipinski definition) is 4. The van der Waals surface area contributed by atoms with Gasteiger partial charge in [-0.25, -0.2) is 0 Å². The van der Waals surface area contributed by atoms with E-state index in [9.17, 15) is 4.79 Å². The van der Waals surface area contributed by atoms with Crippen LogP contribution in [0.2, 0.25) is 0 Å². The molecule has 2 rings (SSSR count). The molecule has 4 nitrogen and oxygen atoms in total. The average molecular weight is 319 g/mol. The van der Waals surface area contributed by atoms with Gasteiger partial charge in [-0.1, -0.05) is 0 Å². The van der Waals surface area contributed by atoms with Crippen molar-refractivity contribution >= 4 is 33.2 Å². The van der Waals surface area contributed by atoms with E-state index in [1.165, 1.54) is 24.2 Å². The lowest BCUT2D eigenvalue weighted by Crippen LogP contribution is -2.38. The Balaban J connectivity index is 1.89. The van der Waals surface area contributed by atoms with E-state index >= 15 is 0 Å². The topological polar surface area (TPSA) is 64.3 Å². The summed E-state index contributed by atoms with van der Waals surface area (Å²) in [6, 6.07) is 1.82. The van der Waals surface area contributed by atoms with Crippen LogP contribution >= 0.6 is 27.3 Å². The maximum Gasteiger partial charge on any atom is 0.261 e. The minimum Gasteiger partial charge on any atom is -0.495 e. The van der Waals surface area contributed by atoms with Gasteiger partial charge in [0.25, 0.3) is 5.91 Å². The van der Waals surface area contributed by atoms with E-state index in [-0.39, 0.29) is 11.9 Å². The molecule has 3 N–H and O–H groups in total. The third kappa shape index (κ3) is 3.20. The molecule has 0 spiro atoms. The molecule has 0 radical (unpaired) electrons. The lowest BCUT2D eigenvalue weighted by atomic mass is 10.2. The standard InChI is InChI=1S/C11H15BrN2O2S/c1-16-8-4-9(17-10(8)12)11(15)14-5-7(13)6-2-3-6/h4,6-7H,2-3,5,13H2,1H3,(H,14,15). The smallest absolute Gasteiger partial charge is 0.261 e. The molecular weight excluding hydrogens is 304 g/mol. The number of methoxy groups -OCH3 is 1. The van der Waals surface area contributed by atoms with Gasteiger partial charge in [0.15, 0.2) is 0 Å². The minimum atomic E-state index is -0.0879. The molecule has 1 aliphatic rings. The summed E-state index contributed by atoms with van der Waals surface area (Å²) < 4.78 is 5.94. The highest BCUT2D eigenvalue weighted by Gasteiger charge is 2.28. The SMILES string of the molecule is COc1cc(C(=O)NCC(N)C2CC2)sc1Br. The molecule has 1 saturated carbocycles. The lowest BCUT2D eigenvalue weighted by Gasteiger charge is -2.10. The molecule has 1 heterocycles. The predicted octanol–water partition coefficient (Wildman–Crippen LogP) is 1.99. The van der Waals surface area contributed by atoms with Crippen molar-refractivity contribution in [3.8, 4) is 5.75 Å². The van der Waals surface area contributed by atoms with Gasteiger partial charge >= 0.3 is 0 Å². The molecule has 0 aromatic carbocycles. The Morgan fingerprint density at radius 3 is 3.00 bits per heavy atom. The number of halogens is 1. The van der Waals surface area contributed by atoms with Crippen molar-refractivity contribution in [1.82, 2.24) is 5.32 Å². The van der Waals surface area contributed by atoms with E-state index in [1.54, 1.807) is 13.2 Å². The molecule has 1 aliphatic carbocycles. The summed E-state index contributed by atoms with van der Waals surface area (Å²) in [6.45, 7) is 0.543. The van der Waals surface area contributed by atoms with Crippen molar-refractivity contribution < 1.29 is 9.53 Å². The number of ether oxygens (including phenoxy) is 1. The molecule has 0 bridgehead atoms. The van der Waals surface area contributed by atoms with Crippen molar-refractivity contribution in [3.05, 3.63) is 14.7 Å². The molecule has 6 heteroatoms. The van der Waals surface area contributed by atoms with Gasteiger partial charge in [0.1, 0.15) is 9.54 Å². The maximum absolute atomic E-state index is 11.8. The van der Waals surface area contributed by atoms with E-state index in [2.05, 4.69) is 21.2 Å². The molecule has 17 heavy (non-hydrogen) atoms. The Hall–Kier alpha value is -0.590. The number of nitrogens with two attached hydrogens (primary N) is 1. The van der Waals surface area contributed by atoms with Crippen LogP contribution in [0.4, 0.5) is 0 Å². The van der Waals surface area contributed by atoms with Gasteiger partial charge in [-0.05, 0) is 34.7 Å². The van der Waals surface area contributed by atoms with Gasteiger partial charge in [-0.15, -0.1) is 11.3 Å². The summed E-state index contributed by atoms with van der Waals surface area (Å²) in [7, 11) is 1.58. The fourth-order valence-electron chi connectivity index (χ4n) is 1.59. The van der Waals surface area contributed by atoms with E-state index < -0.39 is 0 Å². The zero-order valence-electron chi connectivity index (χ0n) is 9.53. The number of nitrogens with one attached hydrogen (secondary N) is 1. The summed E-state index contributed by atoms with van der Waals surface area (Å²) in [4.78, 5) is 12.5. The van der Waals surface area contributed by atoms with Gasteiger partial charge in [-0.2, -0.15) is 0 Å². The fourth-order valence-corrected chi connectivity index (χ4v) is 3.16. The van der Waals surface area contributed by atoms with Gasteiger partial charge in [-0.3, -0.25) is 4.79 Å². The zero-order chi connectivity index (χ0) is 12.4. The summed E-state index contributed by atoms with van der Waals surface area (Å²) >= 11 is 4.71. The highest BCUT2D eigenvalue weighted by Crippen LogP contribution is 2.34. The molecule has 1 unspecified atom stereocenters. The van der Waals surface area contributed by atoms with Crippen LogP contribution in [-0.4, -0.2) is 25.6 Å². The van der Waals surface area contributed by atoms with Crippen LogP contribution in [0.5, 0.6) is 5.75 Å². The maximum atomic E-state index is 11.8. The first-order valence-electron chi connectivity index (χ1n) is 5.49. The van der Waals surface area contributed by atoms with Crippen LogP contribution < -0.4 is 15.8 Å². The Labute approximate surface area is 113 Å². The van der Waals surface area contributed by atoms with E-state index in [4.69, 9.17) is 10.5 Å². The Morgan fingerprint density at radius 1 is 1.76 bits per heavy atom. The molecular formula is C11H15BrN2O2S. The highest BCUT2D eigenvalue weighted by molar-refractivity contribution is 9.11. The van der Waals surface area contributed by atoms with Gasteiger partial charge in [0, 0.05) is 18.7 Å². The second-order valence-corrected chi connectivity index (χ2v) is 6.53. The normalized spacial score (nSPS) is 16.6. The van der Waals surface area contributed by atoms with Crippen molar-refractivity contribution in [2.75, 3.05) is 13.7 Å². The molecule has 0 saturated heterocycles. The van der Waals surface area contributed by atoms with Crippen LogP contribution in [0, 0.1) is 5.92 Å². The van der Waals surface area contributed by atoms with Crippen LogP contribution in [0.15, 0.2) is 9.85 Å². The average Bonchev–Trinajstić information content (AvgIpc) is 3.09. The molecule has 1 atom stereocenters. The predicted molar refractivity (Wildman–Crippen MR) is 71.6 cm³/mol.